The lowest BCUT2D eigenvalue weighted by Crippen LogP contribution is -2.43. The molecule has 1 N–H and O–H groups in total. The van der Waals surface area contributed by atoms with Gasteiger partial charge >= 0.3 is 0 Å². The van der Waals surface area contributed by atoms with Crippen LogP contribution in [0.5, 0.6) is 5.75 Å². The number of rotatable bonds is 4. The second-order valence-corrected chi connectivity index (χ2v) is 9.00. The summed E-state index contributed by atoms with van der Waals surface area (Å²) in [7, 11) is -1.80. The van der Waals surface area contributed by atoms with Crippen molar-refractivity contribution < 1.29 is 17.9 Å². The van der Waals surface area contributed by atoms with Gasteiger partial charge in [0.1, 0.15) is 11.6 Å². The summed E-state index contributed by atoms with van der Waals surface area (Å²) < 4.78 is 40.8. The zero-order valence-electron chi connectivity index (χ0n) is 16.4. The fourth-order valence-corrected chi connectivity index (χ4v) is 4.94. The molecule has 0 spiro atoms. The minimum Gasteiger partial charge on any atom is -0.508 e. The summed E-state index contributed by atoms with van der Waals surface area (Å²) in [6, 6.07) is 9.45. The molecule has 164 valence electrons. The van der Waals surface area contributed by atoms with E-state index in [2.05, 4.69) is 16.8 Å². The summed E-state index contributed by atoms with van der Waals surface area (Å²) in [6.07, 6.45) is 1.61. The van der Waals surface area contributed by atoms with Crippen LogP contribution in [0.4, 0.5) is 4.39 Å². The van der Waals surface area contributed by atoms with Crippen molar-refractivity contribution in [3.05, 3.63) is 60.0 Å². The van der Waals surface area contributed by atoms with E-state index < -0.39 is 15.8 Å². The number of benzene rings is 2. The van der Waals surface area contributed by atoms with Crippen molar-refractivity contribution in [3.63, 3.8) is 0 Å². The molecule has 0 amide bonds. The van der Waals surface area contributed by atoms with Gasteiger partial charge in [0.25, 0.3) is 10.0 Å². The van der Waals surface area contributed by atoms with Gasteiger partial charge in [-0.2, -0.15) is 0 Å². The third kappa shape index (κ3) is 4.73. The molecule has 1 fully saturated rings. The lowest BCUT2D eigenvalue weighted by Gasteiger charge is -2.32. The Kier molecular flexibility index (Phi) is 7.76. The van der Waals surface area contributed by atoms with E-state index in [9.17, 15) is 17.9 Å². The van der Waals surface area contributed by atoms with Gasteiger partial charge in [-0.25, -0.2) is 16.8 Å². The van der Waals surface area contributed by atoms with Crippen molar-refractivity contribution in [2.45, 2.75) is 11.4 Å². The summed E-state index contributed by atoms with van der Waals surface area (Å²) in [5.74, 6) is -0.402. The van der Waals surface area contributed by atoms with E-state index in [4.69, 9.17) is 0 Å². The Bertz CT molecular complexity index is 1110. The summed E-state index contributed by atoms with van der Waals surface area (Å²) in [4.78, 5) is 4.54. The summed E-state index contributed by atoms with van der Waals surface area (Å²) in [6.45, 7) is 4.30. The highest BCUT2D eigenvalue weighted by molar-refractivity contribution is 7.90. The summed E-state index contributed by atoms with van der Waals surface area (Å²) in [5, 5.41) is 10.6. The van der Waals surface area contributed by atoms with E-state index in [1.165, 1.54) is 22.2 Å². The first kappa shape index (κ1) is 24.4. The van der Waals surface area contributed by atoms with Crippen LogP contribution in [0.25, 0.3) is 10.9 Å². The Morgan fingerprint density at radius 2 is 1.63 bits per heavy atom. The van der Waals surface area contributed by atoms with Gasteiger partial charge in [0, 0.05) is 44.3 Å². The molecule has 0 atom stereocenters. The topological polar surface area (TPSA) is 65.8 Å². The average Bonchev–Trinajstić information content (AvgIpc) is 3.02. The Hall–Kier alpha value is -1.84. The maximum absolute atomic E-state index is 13.2. The molecule has 1 aliphatic heterocycles. The van der Waals surface area contributed by atoms with Gasteiger partial charge in [-0.05, 0) is 55.1 Å². The third-order valence-electron chi connectivity index (χ3n) is 5.20. The van der Waals surface area contributed by atoms with Gasteiger partial charge in [0.2, 0.25) is 0 Å². The fraction of sp³-hybridized carbons (Fsp3) is 0.300. The van der Waals surface area contributed by atoms with Crippen LogP contribution in [0.2, 0.25) is 0 Å². The number of aromatic hydroxyl groups is 1. The molecule has 1 saturated heterocycles. The largest absolute Gasteiger partial charge is 0.508 e. The minimum atomic E-state index is -3.88. The molecular formula is C20H24Cl2FN3O3S. The van der Waals surface area contributed by atoms with Gasteiger partial charge in [-0.15, -0.1) is 24.8 Å². The molecule has 10 heteroatoms. The molecule has 0 saturated carbocycles. The van der Waals surface area contributed by atoms with Gasteiger partial charge in [0.05, 0.1) is 10.4 Å². The van der Waals surface area contributed by atoms with Crippen LogP contribution in [-0.2, 0) is 16.6 Å². The molecular weight excluding hydrogens is 452 g/mol. The zero-order valence-corrected chi connectivity index (χ0v) is 18.8. The highest BCUT2D eigenvalue weighted by atomic mass is 35.5. The number of phenolic OH excluding ortho intramolecular Hbond substituents is 1. The minimum absolute atomic E-state index is 0. The van der Waals surface area contributed by atoms with E-state index in [1.807, 2.05) is 0 Å². The van der Waals surface area contributed by atoms with Crippen molar-refractivity contribution in [3.8, 4) is 5.75 Å². The quantitative estimate of drug-likeness (QED) is 0.626. The van der Waals surface area contributed by atoms with Crippen molar-refractivity contribution in [1.82, 2.24) is 13.8 Å². The number of aromatic nitrogens is 1. The smallest absolute Gasteiger partial charge is 0.268 e. The van der Waals surface area contributed by atoms with E-state index in [0.717, 1.165) is 43.9 Å². The van der Waals surface area contributed by atoms with Crippen LogP contribution in [0.3, 0.4) is 0 Å². The fourth-order valence-electron chi connectivity index (χ4n) is 3.55. The number of hydrogen-bond donors (Lipinski definition) is 1. The molecule has 4 rings (SSSR count). The number of likely N-dealkylation sites (N-methyl/N-ethyl adjacent to an activating group) is 1. The molecule has 6 nitrogen and oxygen atoms in total. The van der Waals surface area contributed by atoms with Crippen LogP contribution in [0, 0.1) is 5.82 Å². The summed E-state index contributed by atoms with van der Waals surface area (Å²) >= 11 is 0. The number of halogens is 3. The molecule has 0 radical (unpaired) electrons. The zero-order chi connectivity index (χ0) is 19.9. The number of piperazine rings is 1. The monoisotopic (exact) mass is 475 g/mol. The highest BCUT2D eigenvalue weighted by Gasteiger charge is 2.23. The van der Waals surface area contributed by atoms with Gasteiger partial charge < -0.3 is 10.0 Å². The SMILES string of the molecule is CN1CCN(Cc2cn(S(=O)(=O)c3ccc(F)cc3)c3ccc(O)cc23)CC1.Cl.Cl. The van der Waals surface area contributed by atoms with Gasteiger partial charge in [-0.3, -0.25) is 4.90 Å². The van der Waals surface area contributed by atoms with E-state index in [1.54, 1.807) is 18.3 Å². The Labute approximate surface area is 187 Å². The van der Waals surface area contributed by atoms with E-state index in [-0.39, 0.29) is 35.5 Å². The average molecular weight is 476 g/mol. The van der Waals surface area contributed by atoms with Crippen LogP contribution in [0.1, 0.15) is 5.56 Å². The van der Waals surface area contributed by atoms with Crippen LogP contribution < -0.4 is 0 Å². The molecule has 0 bridgehead atoms. The standard InChI is InChI=1S/C20H22FN3O3S.2ClH/c1-22-8-10-23(11-9-22)13-15-14-24(20-7-4-17(25)12-19(15)20)28(26,27)18-5-2-16(21)3-6-18;;/h2-7,12,14,25H,8-11,13H2,1H3;2*1H. The van der Waals surface area contributed by atoms with Gasteiger partial charge in [-0.1, -0.05) is 0 Å². The number of hydrogen-bond acceptors (Lipinski definition) is 5. The van der Waals surface area contributed by atoms with Crippen LogP contribution in [0.15, 0.2) is 53.6 Å². The maximum Gasteiger partial charge on any atom is 0.268 e. The molecule has 2 aromatic carbocycles. The normalized spacial score (nSPS) is 15.5. The number of fused-ring (bicyclic) bond motifs is 1. The van der Waals surface area contributed by atoms with Gasteiger partial charge in [0.15, 0.2) is 0 Å². The Balaban J connectivity index is 0.00000160. The lowest BCUT2D eigenvalue weighted by molar-refractivity contribution is 0.148. The van der Waals surface area contributed by atoms with Crippen LogP contribution in [-0.4, -0.2) is 60.5 Å². The molecule has 3 aromatic rings. The van der Waals surface area contributed by atoms with Crippen molar-refractivity contribution in [1.29, 1.82) is 0 Å². The second-order valence-electron chi connectivity index (χ2n) is 7.19. The maximum atomic E-state index is 13.2. The highest BCUT2D eigenvalue weighted by Crippen LogP contribution is 2.30. The molecule has 0 aliphatic carbocycles. The Morgan fingerprint density at radius 1 is 1.00 bits per heavy atom. The lowest BCUT2D eigenvalue weighted by atomic mass is 10.1. The third-order valence-corrected chi connectivity index (χ3v) is 6.88. The number of phenols is 1. The van der Waals surface area contributed by atoms with Crippen molar-refractivity contribution >= 4 is 45.7 Å². The molecule has 30 heavy (non-hydrogen) atoms. The summed E-state index contributed by atoms with van der Waals surface area (Å²) in [5.41, 5.74) is 1.33. The van der Waals surface area contributed by atoms with Crippen LogP contribution >= 0.6 is 24.8 Å². The van der Waals surface area contributed by atoms with E-state index in [0.29, 0.717) is 17.4 Å². The van der Waals surface area contributed by atoms with E-state index >= 15 is 0 Å². The predicted octanol–water partition coefficient (Wildman–Crippen LogP) is 3.31. The molecule has 1 aromatic heterocycles. The second kappa shape index (κ2) is 9.53. The molecule has 1 aliphatic rings. The predicted molar refractivity (Wildman–Crippen MR) is 120 cm³/mol. The van der Waals surface area contributed by atoms with Crippen molar-refractivity contribution in [2.24, 2.45) is 0 Å². The first-order chi connectivity index (χ1) is 13.3. The number of nitrogens with zero attached hydrogens (tertiary/aromatic N) is 3. The first-order valence-corrected chi connectivity index (χ1v) is 10.5. The van der Waals surface area contributed by atoms with Crippen molar-refractivity contribution in [2.75, 3.05) is 33.2 Å². The molecule has 0 unspecified atom stereocenters. The Morgan fingerprint density at radius 3 is 2.27 bits per heavy atom. The molecule has 2 heterocycles. The first-order valence-electron chi connectivity index (χ1n) is 9.09.